The molecule has 3 aromatic rings. The number of rotatable bonds is 6. The molecule has 0 unspecified atom stereocenters. The zero-order valence-electron chi connectivity index (χ0n) is 13.4. The summed E-state index contributed by atoms with van der Waals surface area (Å²) in [6, 6.07) is 8.61. The van der Waals surface area contributed by atoms with Crippen molar-refractivity contribution >= 4 is 17.5 Å². The fraction of sp³-hybridized carbons (Fsp3) is 0.118. The van der Waals surface area contributed by atoms with E-state index in [-0.39, 0.29) is 30.6 Å². The Bertz CT molecular complexity index is 908. The summed E-state index contributed by atoms with van der Waals surface area (Å²) in [5.41, 5.74) is 0.685. The van der Waals surface area contributed by atoms with E-state index >= 15 is 0 Å². The molecule has 0 aliphatic rings. The summed E-state index contributed by atoms with van der Waals surface area (Å²) in [6.07, 6.45) is 1.58. The molecule has 6 nitrogen and oxygen atoms in total. The zero-order valence-corrected chi connectivity index (χ0v) is 13.4. The molecule has 3 rings (SSSR count). The van der Waals surface area contributed by atoms with Crippen LogP contribution in [0.15, 0.2) is 42.6 Å². The highest BCUT2D eigenvalue weighted by Crippen LogP contribution is 2.25. The van der Waals surface area contributed by atoms with Crippen LogP contribution in [0.4, 0.5) is 30.6 Å². The number of halogens is 3. The second kappa shape index (κ2) is 7.79. The number of pyridine rings is 1. The Kier molecular flexibility index (Phi) is 5.28. The van der Waals surface area contributed by atoms with E-state index in [1.807, 2.05) is 0 Å². The van der Waals surface area contributed by atoms with Crippen LogP contribution in [0, 0.1) is 17.5 Å². The first-order valence-corrected chi connectivity index (χ1v) is 7.64. The van der Waals surface area contributed by atoms with Crippen LogP contribution >= 0.6 is 0 Å². The highest BCUT2D eigenvalue weighted by atomic mass is 19.2. The number of aliphatic hydroxyl groups is 1. The molecule has 0 saturated heterocycles. The van der Waals surface area contributed by atoms with Gasteiger partial charge in [0.15, 0.2) is 17.5 Å². The topological polar surface area (TPSA) is 83.0 Å². The number of hydrogen-bond donors (Lipinski definition) is 3. The van der Waals surface area contributed by atoms with E-state index in [0.717, 1.165) is 12.1 Å². The predicted molar refractivity (Wildman–Crippen MR) is 90.4 cm³/mol. The maximum atomic E-state index is 13.9. The second-order valence-corrected chi connectivity index (χ2v) is 5.18. The van der Waals surface area contributed by atoms with Crippen LogP contribution in [0.2, 0.25) is 0 Å². The van der Waals surface area contributed by atoms with E-state index in [4.69, 9.17) is 5.11 Å². The molecule has 0 bridgehead atoms. The van der Waals surface area contributed by atoms with Gasteiger partial charge in [-0.15, -0.1) is 0 Å². The van der Waals surface area contributed by atoms with E-state index in [9.17, 15) is 13.2 Å². The minimum Gasteiger partial charge on any atom is -0.395 e. The predicted octanol–water partition coefficient (Wildman–Crippen LogP) is 3.10. The number of nitrogens with one attached hydrogen (secondary N) is 2. The molecule has 0 radical (unpaired) electrons. The van der Waals surface area contributed by atoms with Crippen LogP contribution in [-0.2, 0) is 0 Å². The van der Waals surface area contributed by atoms with Crippen LogP contribution in [0.5, 0.6) is 0 Å². The van der Waals surface area contributed by atoms with Crippen molar-refractivity contribution < 1.29 is 18.3 Å². The second-order valence-electron chi connectivity index (χ2n) is 5.18. The van der Waals surface area contributed by atoms with Crippen LogP contribution < -0.4 is 10.6 Å². The monoisotopic (exact) mass is 361 g/mol. The van der Waals surface area contributed by atoms with E-state index in [1.54, 1.807) is 24.4 Å². The molecular weight excluding hydrogens is 347 g/mol. The molecule has 2 aromatic heterocycles. The first-order chi connectivity index (χ1) is 12.6. The Balaban J connectivity index is 1.99. The van der Waals surface area contributed by atoms with Gasteiger partial charge in [-0.05, 0) is 24.3 Å². The summed E-state index contributed by atoms with van der Waals surface area (Å²) in [6.45, 7) is 0.0579. The fourth-order valence-corrected chi connectivity index (χ4v) is 2.16. The average molecular weight is 361 g/mol. The van der Waals surface area contributed by atoms with Gasteiger partial charge in [-0.2, -0.15) is 4.98 Å². The fourth-order valence-electron chi connectivity index (χ4n) is 2.16. The minimum absolute atomic E-state index is 0.141. The summed E-state index contributed by atoms with van der Waals surface area (Å²) in [5.74, 6) is -3.91. The lowest BCUT2D eigenvalue weighted by Crippen LogP contribution is -2.10. The molecule has 1 aromatic carbocycles. The average Bonchev–Trinajstić information content (AvgIpc) is 2.67. The maximum Gasteiger partial charge on any atom is 0.225 e. The van der Waals surface area contributed by atoms with Crippen molar-refractivity contribution in [3.63, 3.8) is 0 Å². The highest BCUT2D eigenvalue weighted by Gasteiger charge is 2.15. The van der Waals surface area contributed by atoms with E-state index in [2.05, 4.69) is 25.6 Å². The van der Waals surface area contributed by atoms with Crippen molar-refractivity contribution in [3.8, 4) is 11.4 Å². The molecule has 0 aliphatic heterocycles. The summed E-state index contributed by atoms with van der Waals surface area (Å²) in [7, 11) is 0. The quantitative estimate of drug-likeness (QED) is 0.585. The molecular formula is C17H14F3N5O. The zero-order chi connectivity index (χ0) is 18.5. The van der Waals surface area contributed by atoms with Gasteiger partial charge in [0.2, 0.25) is 5.95 Å². The number of nitrogens with zero attached hydrogens (tertiary/aromatic N) is 3. The van der Waals surface area contributed by atoms with Gasteiger partial charge in [-0.25, -0.2) is 18.2 Å². The van der Waals surface area contributed by atoms with Gasteiger partial charge in [0, 0.05) is 18.8 Å². The molecule has 26 heavy (non-hydrogen) atoms. The van der Waals surface area contributed by atoms with Crippen LogP contribution in [0.1, 0.15) is 0 Å². The smallest absolute Gasteiger partial charge is 0.225 e. The molecule has 0 atom stereocenters. The Morgan fingerprint density at radius 1 is 0.962 bits per heavy atom. The first-order valence-electron chi connectivity index (χ1n) is 7.64. The standard InChI is InChI=1S/C17H14F3N5O/c18-10-4-5-12(16(20)15(10)19)23-14-9-13(11-3-1-2-6-21-11)24-17(25-14)22-7-8-26/h1-6,9,26H,7-8H2,(H2,22,23,24,25). The molecule has 3 N–H and O–H groups in total. The summed E-state index contributed by atoms with van der Waals surface area (Å²) < 4.78 is 40.4. The van der Waals surface area contributed by atoms with Crippen LogP contribution in [0.25, 0.3) is 11.4 Å². The molecule has 9 heteroatoms. The van der Waals surface area contributed by atoms with Gasteiger partial charge in [0.25, 0.3) is 0 Å². The molecule has 134 valence electrons. The van der Waals surface area contributed by atoms with Crippen molar-refractivity contribution in [2.24, 2.45) is 0 Å². The van der Waals surface area contributed by atoms with Gasteiger partial charge >= 0.3 is 0 Å². The van der Waals surface area contributed by atoms with Gasteiger partial charge in [0.05, 0.1) is 23.7 Å². The third kappa shape index (κ3) is 3.89. The van der Waals surface area contributed by atoms with Crippen molar-refractivity contribution in [1.82, 2.24) is 15.0 Å². The Morgan fingerprint density at radius 2 is 1.81 bits per heavy atom. The lowest BCUT2D eigenvalue weighted by molar-refractivity contribution is 0.311. The summed E-state index contributed by atoms with van der Waals surface area (Å²) in [4.78, 5) is 12.6. The maximum absolute atomic E-state index is 13.9. The minimum atomic E-state index is -1.58. The SMILES string of the molecule is OCCNc1nc(Nc2ccc(F)c(F)c2F)cc(-c2ccccn2)n1. The van der Waals surface area contributed by atoms with E-state index in [1.165, 1.54) is 6.07 Å². The third-order valence-corrected chi connectivity index (χ3v) is 3.35. The van der Waals surface area contributed by atoms with Gasteiger partial charge < -0.3 is 15.7 Å². The number of benzene rings is 1. The normalized spacial score (nSPS) is 10.6. The molecule has 2 heterocycles. The van der Waals surface area contributed by atoms with E-state index in [0.29, 0.717) is 11.4 Å². The molecule has 0 aliphatic carbocycles. The van der Waals surface area contributed by atoms with E-state index < -0.39 is 17.5 Å². The van der Waals surface area contributed by atoms with Crippen molar-refractivity contribution in [1.29, 1.82) is 0 Å². The third-order valence-electron chi connectivity index (χ3n) is 3.35. The molecule has 0 spiro atoms. The first kappa shape index (κ1) is 17.6. The van der Waals surface area contributed by atoms with Crippen LogP contribution in [-0.4, -0.2) is 33.2 Å². The van der Waals surface area contributed by atoms with Crippen molar-refractivity contribution in [2.75, 3.05) is 23.8 Å². The van der Waals surface area contributed by atoms with Crippen molar-refractivity contribution in [2.45, 2.75) is 0 Å². The molecule has 0 fully saturated rings. The largest absolute Gasteiger partial charge is 0.395 e. The Morgan fingerprint density at radius 3 is 2.54 bits per heavy atom. The number of hydrogen-bond acceptors (Lipinski definition) is 6. The molecule has 0 saturated carbocycles. The lowest BCUT2D eigenvalue weighted by atomic mass is 10.2. The number of aromatic nitrogens is 3. The molecule has 0 amide bonds. The highest BCUT2D eigenvalue weighted by molar-refractivity contribution is 5.65. The lowest BCUT2D eigenvalue weighted by Gasteiger charge is -2.11. The summed E-state index contributed by atoms with van der Waals surface area (Å²) >= 11 is 0. The Labute approximate surface area is 146 Å². The Hall–Kier alpha value is -3.20. The summed E-state index contributed by atoms with van der Waals surface area (Å²) in [5, 5.41) is 14.3. The van der Waals surface area contributed by atoms with Crippen LogP contribution in [0.3, 0.4) is 0 Å². The number of anilines is 3. The van der Waals surface area contributed by atoms with Gasteiger partial charge in [0.1, 0.15) is 5.82 Å². The van der Waals surface area contributed by atoms with Gasteiger partial charge in [-0.3, -0.25) is 4.98 Å². The van der Waals surface area contributed by atoms with Gasteiger partial charge in [-0.1, -0.05) is 6.07 Å². The van der Waals surface area contributed by atoms with Crippen molar-refractivity contribution in [3.05, 3.63) is 60.0 Å². The number of aliphatic hydroxyl groups excluding tert-OH is 1.